The van der Waals surface area contributed by atoms with Crippen LogP contribution in [0.2, 0.25) is 0 Å². The van der Waals surface area contributed by atoms with E-state index in [-0.39, 0.29) is 5.96 Å². The van der Waals surface area contributed by atoms with Crippen LogP contribution in [0.5, 0.6) is 0 Å². The molecule has 0 bridgehead atoms. The zero-order chi connectivity index (χ0) is 14.5. The lowest BCUT2D eigenvalue weighted by atomic mass is 10.2. The molecule has 0 aliphatic rings. The number of alkyl carbamates (subject to hydrolysis) is 1. The van der Waals surface area contributed by atoms with Gasteiger partial charge in [-0.15, -0.1) is 0 Å². The van der Waals surface area contributed by atoms with Crippen LogP contribution in [0.1, 0.15) is 26.3 Å². The predicted molar refractivity (Wildman–Crippen MR) is 78.8 cm³/mol. The van der Waals surface area contributed by atoms with Crippen molar-refractivity contribution >= 4 is 28.0 Å². The summed E-state index contributed by atoms with van der Waals surface area (Å²) in [5, 5.41) is 2.38. The zero-order valence-corrected chi connectivity index (χ0v) is 12.8. The third-order valence-corrected chi connectivity index (χ3v) is 2.44. The summed E-state index contributed by atoms with van der Waals surface area (Å²) >= 11 is 3.37. The Morgan fingerprint density at radius 3 is 2.74 bits per heavy atom. The molecule has 0 atom stereocenters. The smallest absolute Gasteiger partial charge is 0.414 e. The highest BCUT2D eigenvalue weighted by atomic mass is 79.9. The Hall–Kier alpha value is -1.56. The highest BCUT2D eigenvalue weighted by molar-refractivity contribution is 9.10. The number of guanidine groups is 1. The Morgan fingerprint density at radius 1 is 1.47 bits per heavy atom. The lowest BCUT2D eigenvalue weighted by molar-refractivity contribution is 0.0562. The molecule has 0 fully saturated rings. The van der Waals surface area contributed by atoms with Gasteiger partial charge in [0.1, 0.15) is 5.60 Å². The molecule has 1 aromatic rings. The summed E-state index contributed by atoms with van der Waals surface area (Å²) in [7, 11) is 0. The van der Waals surface area contributed by atoms with Gasteiger partial charge in [-0.2, -0.15) is 0 Å². The van der Waals surface area contributed by atoms with Crippen molar-refractivity contribution in [2.45, 2.75) is 32.9 Å². The second kappa shape index (κ2) is 6.56. The molecule has 0 heterocycles. The molecule has 0 aliphatic heterocycles. The predicted octanol–water partition coefficient (Wildman–Crippen LogP) is 2.79. The lowest BCUT2D eigenvalue weighted by Gasteiger charge is -2.19. The van der Waals surface area contributed by atoms with Gasteiger partial charge >= 0.3 is 6.09 Å². The van der Waals surface area contributed by atoms with Gasteiger partial charge in [0.05, 0.1) is 6.54 Å². The van der Waals surface area contributed by atoms with Crippen LogP contribution in [0.4, 0.5) is 4.79 Å². The summed E-state index contributed by atoms with van der Waals surface area (Å²) in [5.41, 5.74) is 6.03. The van der Waals surface area contributed by atoms with Crippen LogP contribution in [0.15, 0.2) is 33.7 Å². The van der Waals surface area contributed by atoms with E-state index in [1.807, 2.05) is 24.3 Å². The maximum absolute atomic E-state index is 11.4. The fourth-order valence-corrected chi connectivity index (χ4v) is 1.71. The van der Waals surface area contributed by atoms with Crippen LogP contribution in [0.3, 0.4) is 0 Å². The number of nitrogens with one attached hydrogen (secondary N) is 1. The lowest BCUT2D eigenvalue weighted by Crippen LogP contribution is -2.40. The summed E-state index contributed by atoms with van der Waals surface area (Å²) in [6, 6.07) is 7.70. The van der Waals surface area contributed by atoms with E-state index in [1.165, 1.54) is 0 Å². The Bertz CT molecular complexity index is 481. The topological polar surface area (TPSA) is 76.7 Å². The number of rotatable bonds is 2. The number of amides is 1. The first-order valence-electron chi connectivity index (χ1n) is 5.80. The molecule has 0 aromatic heterocycles. The number of aliphatic imine (C=N–C) groups is 1. The molecule has 0 radical (unpaired) electrons. The van der Waals surface area contributed by atoms with Gasteiger partial charge in [0, 0.05) is 4.47 Å². The number of carbonyl (C=O) groups excluding carboxylic acids is 1. The zero-order valence-electron chi connectivity index (χ0n) is 11.2. The molecular weight excluding hydrogens is 310 g/mol. The number of hydrogen-bond acceptors (Lipinski definition) is 3. The first-order chi connectivity index (χ1) is 8.76. The van der Waals surface area contributed by atoms with E-state index < -0.39 is 11.7 Å². The van der Waals surface area contributed by atoms with Crippen molar-refractivity contribution in [3.05, 3.63) is 34.3 Å². The molecule has 3 N–H and O–H groups in total. The van der Waals surface area contributed by atoms with Gasteiger partial charge in [0.2, 0.25) is 0 Å². The standard InChI is InChI=1S/C13H18BrN3O2/c1-13(2,3)19-12(18)17-11(15)16-8-9-5-4-6-10(14)7-9/h4-7H,8H2,1-3H3,(H3,15,16,17,18). The van der Waals surface area contributed by atoms with E-state index in [2.05, 4.69) is 26.2 Å². The van der Waals surface area contributed by atoms with Crippen LogP contribution < -0.4 is 11.1 Å². The van der Waals surface area contributed by atoms with Gasteiger partial charge in [-0.1, -0.05) is 28.1 Å². The van der Waals surface area contributed by atoms with Gasteiger partial charge < -0.3 is 10.5 Å². The molecule has 0 spiro atoms. The molecule has 5 nitrogen and oxygen atoms in total. The van der Waals surface area contributed by atoms with Crippen molar-refractivity contribution in [1.82, 2.24) is 5.32 Å². The van der Waals surface area contributed by atoms with E-state index in [0.717, 1.165) is 10.0 Å². The van der Waals surface area contributed by atoms with Gasteiger partial charge in [-0.25, -0.2) is 9.79 Å². The van der Waals surface area contributed by atoms with Gasteiger partial charge in [0.15, 0.2) is 5.96 Å². The van der Waals surface area contributed by atoms with Crippen LogP contribution in [-0.2, 0) is 11.3 Å². The SMILES string of the molecule is CC(C)(C)OC(=O)NC(N)=NCc1cccc(Br)c1. The number of carbonyl (C=O) groups is 1. The molecule has 0 saturated heterocycles. The number of halogens is 1. The molecular formula is C13H18BrN3O2. The molecule has 0 unspecified atom stereocenters. The van der Waals surface area contributed by atoms with Crippen LogP contribution >= 0.6 is 15.9 Å². The van der Waals surface area contributed by atoms with E-state index in [4.69, 9.17) is 10.5 Å². The van der Waals surface area contributed by atoms with Crippen LogP contribution in [-0.4, -0.2) is 17.7 Å². The average molecular weight is 328 g/mol. The molecule has 1 rings (SSSR count). The third kappa shape index (κ3) is 6.81. The molecule has 104 valence electrons. The van der Waals surface area contributed by atoms with Crippen molar-refractivity contribution in [3.63, 3.8) is 0 Å². The highest BCUT2D eigenvalue weighted by Crippen LogP contribution is 2.12. The summed E-state index contributed by atoms with van der Waals surface area (Å²) < 4.78 is 6.03. The van der Waals surface area contributed by atoms with E-state index in [0.29, 0.717) is 6.54 Å². The Balaban J connectivity index is 2.52. The van der Waals surface area contributed by atoms with E-state index in [9.17, 15) is 4.79 Å². The average Bonchev–Trinajstić information content (AvgIpc) is 2.23. The first kappa shape index (κ1) is 15.5. The van der Waals surface area contributed by atoms with Crippen molar-refractivity contribution in [3.8, 4) is 0 Å². The molecule has 1 aromatic carbocycles. The highest BCUT2D eigenvalue weighted by Gasteiger charge is 2.16. The summed E-state index contributed by atoms with van der Waals surface area (Å²) in [4.78, 5) is 15.5. The maximum Gasteiger partial charge on any atom is 0.414 e. The van der Waals surface area contributed by atoms with Crippen LogP contribution in [0, 0.1) is 0 Å². The number of ether oxygens (including phenoxy) is 1. The number of hydrogen-bond donors (Lipinski definition) is 2. The fraction of sp³-hybridized carbons (Fsp3) is 0.385. The Labute approximate surface area is 121 Å². The van der Waals surface area contributed by atoms with Crippen molar-refractivity contribution in [1.29, 1.82) is 0 Å². The minimum atomic E-state index is -0.608. The molecule has 19 heavy (non-hydrogen) atoms. The monoisotopic (exact) mass is 327 g/mol. The summed E-state index contributed by atoms with van der Waals surface area (Å²) in [5.74, 6) is 0.0363. The Kier molecular flexibility index (Phi) is 5.35. The molecule has 1 amide bonds. The van der Waals surface area contributed by atoms with Crippen molar-refractivity contribution < 1.29 is 9.53 Å². The first-order valence-corrected chi connectivity index (χ1v) is 6.60. The number of nitrogens with two attached hydrogens (primary N) is 1. The van der Waals surface area contributed by atoms with E-state index in [1.54, 1.807) is 20.8 Å². The molecule has 0 saturated carbocycles. The minimum Gasteiger partial charge on any atom is -0.444 e. The quantitative estimate of drug-likeness (QED) is 0.647. The normalized spacial score (nSPS) is 12.1. The van der Waals surface area contributed by atoms with Gasteiger partial charge in [-0.3, -0.25) is 5.32 Å². The van der Waals surface area contributed by atoms with Crippen molar-refractivity contribution in [2.75, 3.05) is 0 Å². The maximum atomic E-state index is 11.4. The number of benzene rings is 1. The largest absolute Gasteiger partial charge is 0.444 e. The summed E-state index contributed by atoms with van der Waals surface area (Å²) in [6.45, 7) is 5.73. The summed E-state index contributed by atoms with van der Waals surface area (Å²) in [6.07, 6.45) is -0.608. The second-order valence-corrected chi connectivity index (χ2v) is 5.87. The van der Waals surface area contributed by atoms with Crippen molar-refractivity contribution in [2.24, 2.45) is 10.7 Å². The van der Waals surface area contributed by atoms with Gasteiger partial charge in [0.25, 0.3) is 0 Å². The minimum absolute atomic E-state index is 0.0363. The molecule has 0 aliphatic carbocycles. The van der Waals surface area contributed by atoms with Gasteiger partial charge in [-0.05, 0) is 38.5 Å². The van der Waals surface area contributed by atoms with E-state index >= 15 is 0 Å². The second-order valence-electron chi connectivity index (χ2n) is 4.96. The number of nitrogens with zero attached hydrogens (tertiary/aromatic N) is 1. The third-order valence-electron chi connectivity index (χ3n) is 1.95. The van der Waals surface area contributed by atoms with Crippen LogP contribution in [0.25, 0.3) is 0 Å². The molecule has 6 heteroatoms. The fourth-order valence-electron chi connectivity index (χ4n) is 1.26. The Morgan fingerprint density at radius 2 is 2.16 bits per heavy atom.